The Hall–Kier alpha value is -1.14. The van der Waals surface area contributed by atoms with E-state index in [2.05, 4.69) is 0 Å². The largest absolute Gasteiger partial charge is 0.463 e. The van der Waals surface area contributed by atoms with Crippen LogP contribution in [0.3, 0.4) is 0 Å². The van der Waals surface area contributed by atoms with Crippen molar-refractivity contribution in [3.8, 4) is 0 Å². The van der Waals surface area contributed by atoms with Crippen molar-refractivity contribution in [3.05, 3.63) is 0 Å². The highest BCUT2D eigenvalue weighted by atomic mass is 16.6. The second kappa shape index (κ2) is 5.81. The molecule has 1 N–H and O–H groups in total. The second-order valence-electron chi connectivity index (χ2n) is 3.72. The minimum atomic E-state index is -0.987. The molecule has 1 rings (SSSR count). The van der Waals surface area contributed by atoms with Crippen molar-refractivity contribution in [2.24, 2.45) is 0 Å². The molecule has 6 nitrogen and oxygen atoms in total. The van der Waals surface area contributed by atoms with Gasteiger partial charge in [-0.15, -0.1) is 0 Å². The smallest absolute Gasteiger partial charge is 0.302 e. The summed E-state index contributed by atoms with van der Waals surface area (Å²) >= 11 is 0. The van der Waals surface area contributed by atoms with Gasteiger partial charge in [0.1, 0.15) is 12.7 Å². The van der Waals surface area contributed by atoms with Crippen LogP contribution in [0.4, 0.5) is 0 Å². The van der Waals surface area contributed by atoms with Crippen LogP contribution >= 0.6 is 0 Å². The average molecular weight is 232 g/mol. The Kier molecular flexibility index (Phi) is 4.70. The second-order valence-corrected chi connectivity index (χ2v) is 3.72. The first-order valence-corrected chi connectivity index (χ1v) is 5.11. The van der Waals surface area contributed by atoms with Crippen LogP contribution < -0.4 is 0 Å². The molecule has 1 saturated heterocycles. The third-order valence-corrected chi connectivity index (χ3v) is 2.14. The highest BCUT2D eigenvalue weighted by molar-refractivity contribution is 5.66. The van der Waals surface area contributed by atoms with Gasteiger partial charge >= 0.3 is 11.9 Å². The van der Waals surface area contributed by atoms with Crippen LogP contribution in [0.5, 0.6) is 0 Å². The van der Waals surface area contributed by atoms with Gasteiger partial charge in [0.05, 0.1) is 6.10 Å². The van der Waals surface area contributed by atoms with Crippen LogP contribution in [0.15, 0.2) is 0 Å². The Morgan fingerprint density at radius 1 is 1.31 bits per heavy atom. The van der Waals surface area contributed by atoms with Crippen molar-refractivity contribution in [2.75, 3.05) is 6.61 Å². The Balaban J connectivity index is 2.40. The Morgan fingerprint density at radius 2 is 2.00 bits per heavy atom. The molecule has 16 heavy (non-hydrogen) atoms. The number of hydrogen-bond donors (Lipinski definition) is 1. The number of aliphatic hydroxyl groups is 1. The number of rotatable bonds is 3. The van der Waals surface area contributed by atoms with Gasteiger partial charge in [-0.3, -0.25) is 9.59 Å². The predicted octanol–water partition coefficient (Wildman–Crippen LogP) is -0.0214. The minimum absolute atomic E-state index is 0.0597. The van der Waals surface area contributed by atoms with Crippen LogP contribution in [-0.2, 0) is 23.8 Å². The van der Waals surface area contributed by atoms with Crippen LogP contribution in [0.2, 0.25) is 0 Å². The van der Waals surface area contributed by atoms with E-state index in [1.165, 1.54) is 13.8 Å². The topological polar surface area (TPSA) is 82.1 Å². The van der Waals surface area contributed by atoms with Gasteiger partial charge in [0.25, 0.3) is 0 Å². The monoisotopic (exact) mass is 232 g/mol. The van der Waals surface area contributed by atoms with Crippen molar-refractivity contribution in [3.63, 3.8) is 0 Å². The number of ether oxygens (including phenoxy) is 3. The molecule has 1 aliphatic rings. The van der Waals surface area contributed by atoms with Gasteiger partial charge in [-0.05, 0) is 0 Å². The van der Waals surface area contributed by atoms with Gasteiger partial charge in [-0.1, -0.05) is 0 Å². The summed E-state index contributed by atoms with van der Waals surface area (Å²) < 4.78 is 14.9. The van der Waals surface area contributed by atoms with E-state index in [0.29, 0.717) is 6.42 Å². The van der Waals surface area contributed by atoms with Crippen molar-refractivity contribution in [1.29, 1.82) is 0 Å². The molecule has 0 radical (unpaired) electrons. The van der Waals surface area contributed by atoms with E-state index in [4.69, 9.17) is 14.2 Å². The summed E-state index contributed by atoms with van der Waals surface area (Å²) in [6.07, 6.45) is -1.14. The lowest BCUT2D eigenvalue weighted by Crippen LogP contribution is -2.40. The van der Waals surface area contributed by atoms with Crippen molar-refractivity contribution >= 4 is 11.9 Å². The Labute approximate surface area is 93.5 Å². The molecule has 0 aromatic heterocycles. The molecule has 0 aromatic rings. The number of hydrogen-bond acceptors (Lipinski definition) is 6. The van der Waals surface area contributed by atoms with E-state index >= 15 is 0 Å². The summed E-state index contributed by atoms with van der Waals surface area (Å²) in [6.45, 7) is 2.66. The first-order chi connectivity index (χ1) is 7.47. The molecule has 0 amide bonds. The number of carbonyl (C=O) groups is 2. The van der Waals surface area contributed by atoms with E-state index in [1.54, 1.807) is 0 Å². The molecule has 0 saturated carbocycles. The van der Waals surface area contributed by atoms with E-state index in [-0.39, 0.29) is 19.1 Å². The van der Waals surface area contributed by atoms with Gasteiger partial charge in [-0.25, -0.2) is 0 Å². The van der Waals surface area contributed by atoms with Crippen LogP contribution in [0, 0.1) is 0 Å². The molecule has 6 heteroatoms. The maximum atomic E-state index is 10.8. The summed E-state index contributed by atoms with van der Waals surface area (Å²) in [5.41, 5.74) is 0. The first-order valence-electron chi connectivity index (χ1n) is 5.11. The molecular weight excluding hydrogens is 216 g/mol. The van der Waals surface area contributed by atoms with E-state index < -0.39 is 24.3 Å². The average Bonchev–Trinajstić information content (AvgIpc) is 2.12. The lowest BCUT2D eigenvalue weighted by Gasteiger charge is -2.31. The quantitative estimate of drug-likeness (QED) is 0.688. The minimum Gasteiger partial charge on any atom is -0.463 e. The molecule has 3 atom stereocenters. The highest BCUT2D eigenvalue weighted by Crippen LogP contribution is 2.21. The van der Waals surface area contributed by atoms with Crippen molar-refractivity contribution in [2.45, 2.75) is 45.2 Å². The number of carbonyl (C=O) groups excluding carboxylic acids is 2. The molecule has 0 aromatic carbocycles. The van der Waals surface area contributed by atoms with Crippen LogP contribution in [0.1, 0.15) is 26.7 Å². The first kappa shape index (κ1) is 12.9. The molecule has 1 heterocycles. The van der Waals surface area contributed by atoms with Gasteiger partial charge in [0.2, 0.25) is 0 Å². The normalized spacial score (nSPS) is 29.6. The van der Waals surface area contributed by atoms with Crippen LogP contribution in [0.25, 0.3) is 0 Å². The van der Waals surface area contributed by atoms with Gasteiger partial charge in [0.15, 0.2) is 6.29 Å². The summed E-state index contributed by atoms with van der Waals surface area (Å²) in [5.74, 6) is -0.807. The third-order valence-electron chi connectivity index (χ3n) is 2.14. The van der Waals surface area contributed by atoms with Crippen LogP contribution in [-0.4, -0.2) is 42.1 Å². The molecule has 1 fully saturated rings. The maximum Gasteiger partial charge on any atom is 0.302 e. The number of aliphatic hydroxyl groups excluding tert-OH is 1. The Morgan fingerprint density at radius 3 is 2.56 bits per heavy atom. The molecule has 0 spiro atoms. The summed E-state index contributed by atoms with van der Waals surface area (Å²) in [6, 6.07) is 0. The van der Waals surface area contributed by atoms with Gasteiger partial charge in [-0.2, -0.15) is 0 Å². The fourth-order valence-corrected chi connectivity index (χ4v) is 1.60. The highest BCUT2D eigenvalue weighted by Gasteiger charge is 2.30. The van der Waals surface area contributed by atoms with Gasteiger partial charge < -0.3 is 19.3 Å². The standard InChI is InChI=1S/C10H16O6/c1-6(11)14-5-9-3-8(15-7(2)12)4-10(13)16-9/h8-10,13H,3-5H2,1-2H3/t8-,9+,10+/m0/s1. The SMILES string of the molecule is CC(=O)OC[C@H]1C[C@H](OC(C)=O)C[C@H](O)O1. The summed E-state index contributed by atoms with van der Waals surface area (Å²) in [4.78, 5) is 21.4. The molecule has 92 valence electrons. The predicted molar refractivity (Wildman–Crippen MR) is 52.3 cm³/mol. The van der Waals surface area contributed by atoms with E-state index in [9.17, 15) is 14.7 Å². The zero-order valence-electron chi connectivity index (χ0n) is 9.34. The van der Waals surface area contributed by atoms with E-state index in [0.717, 1.165) is 0 Å². The van der Waals surface area contributed by atoms with Crippen molar-refractivity contribution < 1.29 is 28.9 Å². The summed E-state index contributed by atoms with van der Waals surface area (Å²) in [7, 11) is 0. The molecule has 0 aliphatic carbocycles. The van der Waals surface area contributed by atoms with Gasteiger partial charge in [0, 0.05) is 26.7 Å². The fraction of sp³-hybridized carbons (Fsp3) is 0.800. The molecular formula is C10H16O6. The molecule has 0 bridgehead atoms. The zero-order valence-corrected chi connectivity index (χ0v) is 9.34. The number of esters is 2. The van der Waals surface area contributed by atoms with Crippen molar-refractivity contribution in [1.82, 2.24) is 0 Å². The van der Waals surface area contributed by atoms with E-state index in [1.807, 2.05) is 0 Å². The summed E-state index contributed by atoms with van der Waals surface area (Å²) in [5, 5.41) is 9.37. The fourth-order valence-electron chi connectivity index (χ4n) is 1.60. The Bertz CT molecular complexity index is 264. The lowest BCUT2D eigenvalue weighted by molar-refractivity contribution is -0.210. The molecule has 0 unspecified atom stereocenters. The zero-order chi connectivity index (χ0) is 12.1. The molecule has 1 aliphatic heterocycles. The lowest BCUT2D eigenvalue weighted by atomic mass is 10.1. The third kappa shape index (κ3) is 4.59. The maximum absolute atomic E-state index is 10.8.